The molecule has 1 atom stereocenters. The molecule has 1 aromatic heterocycles. The molecule has 6 nitrogen and oxygen atoms in total. The standard InChI is InChI=1S/C16H25F3N6/c1-20-15(22-9-12-5-4-7-21-14(12)24(2)3)23-13-6-8-25(10-13)11-16(17,18)19/h4-5,7,13H,6,8-11H2,1-3H3,(H2,20,22,23). The molecule has 1 aromatic rings. The van der Waals surface area contributed by atoms with Crippen LogP contribution in [0.1, 0.15) is 12.0 Å². The number of nitrogens with one attached hydrogen (secondary N) is 2. The van der Waals surface area contributed by atoms with Crippen molar-refractivity contribution in [3.05, 3.63) is 23.9 Å². The number of hydrogen-bond donors (Lipinski definition) is 2. The van der Waals surface area contributed by atoms with Gasteiger partial charge in [-0.3, -0.25) is 9.89 Å². The maximum absolute atomic E-state index is 12.5. The van der Waals surface area contributed by atoms with Crippen LogP contribution in [0.25, 0.3) is 0 Å². The van der Waals surface area contributed by atoms with E-state index in [1.165, 1.54) is 4.90 Å². The molecule has 0 bridgehead atoms. The van der Waals surface area contributed by atoms with Crippen LogP contribution in [0, 0.1) is 0 Å². The predicted molar refractivity (Wildman–Crippen MR) is 92.8 cm³/mol. The summed E-state index contributed by atoms with van der Waals surface area (Å²) in [5, 5.41) is 6.40. The second-order valence-corrected chi connectivity index (χ2v) is 6.29. The Morgan fingerprint density at radius 3 is 2.84 bits per heavy atom. The van der Waals surface area contributed by atoms with Gasteiger partial charge in [0.05, 0.1) is 6.54 Å². The highest BCUT2D eigenvalue weighted by molar-refractivity contribution is 5.80. The van der Waals surface area contributed by atoms with E-state index in [0.717, 1.165) is 11.4 Å². The van der Waals surface area contributed by atoms with E-state index in [2.05, 4.69) is 20.6 Å². The zero-order chi connectivity index (χ0) is 18.4. The number of likely N-dealkylation sites (tertiary alicyclic amines) is 1. The predicted octanol–water partition coefficient (Wildman–Crippen LogP) is 1.45. The largest absolute Gasteiger partial charge is 0.401 e. The van der Waals surface area contributed by atoms with Gasteiger partial charge in [-0.1, -0.05) is 6.07 Å². The molecular formula is C16H25F3N6. The van der Waals surface area contributed by atoms with Gasteiger partial charge in [-0.05, 0) is 12.5 Å². The van der Waals surface area contributed by atoms with Crippen LogP contribution in [-0.4, -0.2) is 68.8 Å². The number of aliphatic imine (C=N–C) groups is 1. The van der Waals surface area contributed by atoms with Gasteiger partial charge >= 0.3 is 6.18 Å². The molecule has 9 heteroatoms. The maximum atomic E-state index is 12.5. The lowest BCUT2D eigenvalue weighted by molar-refractivity contribution is -0.143. The number of aromatic nitrogens is 1. The third-order valence-electron chi connectivity index (χ3n) is 3.98. The summed E-state index contributed by atoms with van der Waals surface area (Å²) in [5.74, 6) is 1.44. The number of hydrogen-bond acceptors (Lipinski definition) is 4. The smallest absolute Gasteiger partial charge is 0.362 e. The Hall–Kier alpha value is -2.03. The van der Waals surface area contributed by atoms with Crippen molar-refractivity contribution in [3.8, 4) is 0 Å². The van der Waals surface area contributed by atoms with Crippen LogP contribution in [0.4, 0.5) is 19.0 Å². The van der Waals surface area contributed by atoms with Crippen molar-refractivity contribution >= 4 is 11.8 Å². The van der Waals surface area contributed by atoms with E-state index in [1.807, 2.05) is 31.1 Å². The van der Waals surface area contributed by atoms with E-state index < -0.39 is 12.7 Å². The first-order valence-electron chi connectivity index (χ1n) is 8.16. The van der Waals surface area contributed by atoms with Gasteiger partial charge < -0.3 is 15.5 Å². The number of anilines is 1. The van der Waals surface area contributed by atoms with E-state index in [4.69, 9.17) is 0 Å². The molecule has 1 unspecified atom stereocenters. The number of halogens is 3. The molecule has 1 fully saturated rings. The van der Waals surface area contributed by atoms with Crippen molar-refractivity contribution in [1.29, 1.82) is 0 Å². The van der Waals surface area contributed by atoms with Gasteiger partial charge in [-0.25, -0.2) is 4.98 Å². The summed E-state index contributed by atoms with van der Waals surface area (Å²) in [5.41, 5.74) is 1.01. The van der Waals surface area contributed by atoms with Crippen molar-refractivity contribution in [1.82, 2.24) is 20.5 Å². The topological polar surface area (TPSA) is 55.8 Å². The molecule has 1 saturated heterocycles. The molecule has 25 heavy (non-hydrogen) atoms. The Bertz CT molecular complexity index is 587. The number of nitrogens with zero attached hydrogens (tertiary/aromatic N) is 4. The van der Waals surface area contributed by atoms with Gasteiger partial charge in [0.2, 0.25) is 0 Å². The van der Waals surface area contributed by atoms with Gasteiger partial charge in [0.25, 0.3) is 0 Å². The average Bonchev–Trinajstić information content (AvgIpc) is 2.96. The van der Waals surface area contributed by atoms with Crippen molar-refractivity contribution in [2.24, 2.45) is 4.99 Å². The molecule has 2 N–H and O–H groups in total. The third kappa shape index (κ3) is 6.08. The van der Waals surface area contributed by atoms with E-state index in [9.17, 15) is 13.2 Å². The molecule has 0 saturated carbocycles. The normalized spacial score (nSPS) is 19.1. The lowest BCUT2D eigenvalue weighted by atomic mass is 10.2. The van der Waals surface area contributed by atoms with E-state index in [1.54, 1.807) is 13.2 Å². The van der Waals surface area contributed by atoms with Crippen LogP contribution >= 0.6 is 0 Å². The molecule has 0 radical (unpaired) electrons. The Labute approximate surface area is 146 Å². The number of guanidine groups is 1. The number of alkyl halides is 3. The van der Waals surface area contributed by atoms with Crippen molar-refractivity contribution in [3.63, 3.8) is 0 Å². The van der Waals surface area contributed by atoms with Gasteiger partial charge in [0.15, 0.2) is 5.96 Å². The first kappa shape index (κ1) is 19.3. The van der Waals surface area contributed by atoms with E-state index in [-0.39, 0.29) is 6.04 Å². The third-order valence-corrected chi connectivity index (χ3v) is 3.98. The highest BCUT2D eigenvalue weighted by Crippen LogP contribution is 2.20. The van der Waals surface area contributed by atoms with E-state index >= 15 is 0 Å². The zero-order valence-electron chi connectivity index (χ0n) is 14.8. The SMILES string of the molecule is CN=C(NCc1cccnc1N(C)C)NC1CCN(CC(F)(F)F)C1. The first-order chi connectivity index (χ1) is 11.8. The zero-order valence-corrected chi connectivity index (χ0v) is 14.8. The molecule has 0 aromatic carbocycles. The van der Waals surface area contributed by atoms with E-state index in [0.29, 0.717) is 32.0 Å². The van der Waals surface area contributed by atoms with Gasteiger partial charge in [0, 0.05) is 58.6 Å². The Morgan fingerprint density at radius 1 is 1.44 bits per heavy atom. The Balaban J connectivity index is 1.86. The van der Waals surface area contributed by atoms with Crippen LogP contribution in [-0.2, 0) is 6.54 Å². The molecule has 1 aliphatic rings. The van der Waals surface area contributed by atoms with Crippen molar-refractivity contribution in [2.45, 2.75) is 25.2 Å². The molecule has 2 heterocycles. The summed E-state index contributed by atoms with van der Waals surface area (Å²) in [6, 6.07) is 3.80. The maximum Gasteiger partial charge on any atom is 0.401 e. The Morgan fingerprint density at radius 2 is 2.20 bits per heavy atom. The molecular weight excluding hydrogens is 333 g/mol. The fourth-order valence-corrected chi connectivity index (χ4v) is 2.89. The van der Waals surface area contributed by atoms with Gasteiger partial charge in [-0.2, -0.15) is 13.2 Å². The average molecular weight is 358 g/mol. The summed E-state index contributed by atoms with van der Waals surface area (Å²) < 4.78 is 37.4. The van der Waals surface area contributed by atoms with Crippen LogP contribution in [0.3, 0.4) is 0 Å². The molecule has 0 aliphatic carbocycles. The molecule has 1 aliphatic heterocycles. The summed E-state index contributed by atoms with van der Waals surface area (Å²) in [4.78, 5) is 11.8. The van der Waals surface area contributed by atoms with Crippen molar-refractivity contribution < 1.29 is 13.2 Å². The fourth-order valence-electron chi connectivity index (χ4n) is 2.89. The summed E-state index contributed by atoms with van der Waals surface area (Å²) in [6.45, 7) is 0.455. The van der Waals surface area contributed by atoms with Crippen LogP contribution in [0.2, 0.25) is 0 Å². The van der Waals surface area contributed by atoms with Crippen LogP contribution < -0.4 is 15.5 Å². The summed E-state index contributed by atoms with van der Waals surface area (Å²) in [6.07, 6.45) is -1.76. The van der Waals surface area contributed by atoms with Crippen molar-refractivity contribution in [2.75, 3.05) is 45.7 Å². The molecule has 0 spiro atoms. The molecule has 140 valence electrons. The highest BCUT2D eigenvalue weighted by atomic mass is 19.4. The first-order valence-corrected chi connectivity index (χ1v) is 8.16. The quantitative estimate of drug-likeness (QED) is 0.616. The fraction of sp³-hybridized carbons (Fsp3) is 0.625. The summed E-state index contributed by atoms with van der Waals surface area (Å²) in [7, 11) is 5.49. The highest BCUT2D eigenvalue weighted by Gasteiger charge is 2.34. The van der Waals surface area contributed by atoms with Gasteiger partial charge in [0.1, 0.15) is 5.82 Å². The van der Waals surface area contributed by atoms with Crippen LogP contribution in [0.5, 0.6) is 0 Å². The molecule has 0 amide bonds. The monoisotopic (exact) mass is 358 g/mol. The molecule has 2 rings (SSSR count). The lowest BCUT2D eigenvalue weighted by Gasteiger charge is -2.20. The number of rotatable bonds is 5. The van der Waals surface area contributed by atoms with Crippen LogP contribution in [0.15, 0.2) is 23.3 Å². The summed E-state index contributed by atoms with van der Waals surface area (Å²) >= 11 is 0. The minimum absolute atomic E-state index is 0.0456. The Kier molecular flexibility index (Phi) is 6.46. The minimum Gasteiger partial charge on any atom is -0.362 e. The van der Waals surface area contributed by atoms with Gasteiger partial charge in [-0.15, -0.1) is 0 Å². The second kappa shape index (κ2) is 8.37. The lowest BCUT2D eigenvalue weighted by Crippen LogP contribution is -2.45. The minimum atomic E-state index is -4.16. The second-order valence-electron chi connectivity index (χ2n) is 6.29. The number of pyridine rings is 1.